The Hall–Kier alpha value is -3.35. The van der Waals surface area contributed by atoms with Crippen molar-refractivity contribution in [2.45, 2.75) is 53.5 Å². The number of piperidine rings is 1. The van der Waals surface area contributed by atoms with E-state index in [1.807, 2.05) is 33.0 Å². The van der Waals surface area contributed by atoms with E-state index in [1.54, 1.807) is 28.7 Å². The number of pyridine rings is 1. The molecule has 0 bridgehead atoms. The van der Waals surface area contributed by atoms with E-state index in [1.165, 1.54) is 0 Å². The first-order valence-electron chi connectivity index (χ1n) is 11.4. The number of fused-ring (bicyclic) bond motifs is 1. The fourth-order valence-electron chi connectivity index (χ4n) is 4.54. The maximum atomic E-state index is 13.3. The van der Waals surface area contributed by atoms with Crippen LogP contribution in [0.15, 0.2) is 41.3 Å². The second kappa shape index (κ2) is 8.54. The van der Waals surface area contributed by atoms with Crippen molar-refractivity contribution in [2.75, 3.05) is 23.3 Å². The maximum absolute atomic E-state index is 13.3. The lowest BCUT2D eigenvalue weighted by Gasteiger charge is -2.38. The monoisotopic (exact) mass is 448 g/mol. The van der Waals surface area contributed by atoms with E-state index in [9.17, 15) is 14.7 Å². The van der Waals surface area contributed by atoms with E-state index < -0.39 is 5.97 Å². The third-order valence-electron chi connectivity index (χ3n) is 6.70. The molecule has 4 rings (SSSR count). The van der Waals surface area contributed by atoms with E-state index in [0.717, 1.165) is 42.9 Å². The minimum Gasteiger partial charge on any atom is -0.478 e. The second-order valence-electron chi connectivity index (χ2n) is 9.90. The van der Waals surface area contributed by atoms with Crippen LogP contribution in [-0.2, 0) is 0 Å². The quantitative estimate of drug-likeness (QED) is 0.583. The van der Waals surface area contributed by atoms with Crippen molar-refractivity contribution < 1.29 is 9.90 Å². The number of para-hydroxylation sites is 1. The van der Waals surface area contributed by atoms with E-state index in [0.29, 0.717) is 22.3 Å². The minimum absolute atomic E-state index is 0.0667. The number of nitrogens with one attached hydrogen (secondary N) is 1. The van der Waals surface area contributed by atoms with Gasteiger partial charge in [-0.3, -0.25) is 9.20 Å². The Morgan fingerprint density at radius 1 is 1.18 bits per heavy atom. The minimum atomic E-state index is -0.986. The van der Waals surface area contributed by atoms with Gasteiger partial charge >= 0.3 is 5.97 Å². The average Bonchev–Trinajstić information content (AvgIpc) is 2.76. The van der Waals surface area contributed by atoms with Crippen molar-refractivity contribution in [1.29, 1.82) is 0 Å². The molecule has 1 aromatic carbocycles. The number of carboxylic acid groups (broad SMARTS) is 1. The summed E-state index contributed by atoms with van der Waals surface area (Å²) in [5.41, 5.74) is 4.02. The summed E-state index contributed by atoms with van der Waals surface area (Å²) in [6.45, 7) is 12.1. The van der Waals surface area contributed by atoms with Crippen LogP contribution in [0, 0.1) is 19.3 Å². The number of aromatic carboxylic acids is 1. The van der Waals surface area contributed by atoms with Gasteiger partial charge in [-0.1, -0.05) is 26.0 Å². The Kier molecular flexibility index (Phi) is 5.91. The van der Waals surface area contributed by atoms with E-state index in [2.05, 4.69) is 24.1 Å². The highest BCUT2D eigenvalue weighted by Gasteiger charge is 2.28. The molecule has 1 aliphatic heterocycles. The molecule has 3 heterocycles. The van der Waals surface area contributed by atoms with E-state index >= 15 is 0 Å². The summed E-state index contributed by atoms with van der Waals surface area (Å²) < 4.78 is 1.62. The number of aryl methyl sites for hydroxylation is 1. The standard InChI is InChI=1S/C26H32N4O3/c1-16-14-20(18(3)27-21-9-7-6-8-19(21)25(32)33)23-28-22(17(2)24(31)30(23)15-16)29-12-10-26(4,5)11-13-29/h6-9,14-15,18,27H,10-13H2,1-5H3,(H,32,33)/t18-/m0/s1. The summed E-state index contributed by atoms with van der Waals surface area (Å²) in [5.74, 6) is -0.238. The average molecular weight is 449 g/mol. The molecular formula is C26H32N4O3. The van der Waals surface area contributed by atoms with Crippen LogP contribution in [0.1, 0.15) is 66.7 Å². The predicted octanol–water partition coefficient (Wildman–Crippen LogP) is 4.81. The SMILES string of the molecule is Cc1cc([C@H](C)Nc2ccccc2C(=O)O)c2nc(N3CCC(C)(C)CC3)c(C)c(=O)n2c1. The smallest absolute Gasteiger partial charge is 0.337 e. The van der Waals surface area contributed by atoms with Crippen LogP contribution in [0.2, 0.25) is 0 Å². The molecule has 3 aromatic rings. The van der Waals surface area contributed by atoms with Crippen LogP contribution in [0.4, 0.5) is 11.5 Å². The summed E-state index contributed by atoms with van der Waals surface area (Å²) in [5, 5.41) is 12.9. The highest BCUT2D eigenvalue weighted by atomic mass is 16.4. The number of carbonyl (C=O) groups is 1. The van der Waals surface area contributed by atoms with Gasteiger partial charge in [0, 0.05) is 30.5 Å². The first kappa shape index (κ1) is 22.8. The lowest BCUT2D eigenvalue weighted by molar-refractivity contribution is 0.0698. The fraction of sp³-hybridized carbons (Fsp3) is 0.423. The molecule has 1 fully saturated rings. The van der Waals surface area contributed by atoms with Crippen LogP contribution in [0.5, 0.6) is 0 Å². The molecule has 1 saturated heterocycles. The Labute approximate surface area is 194 Å². The van der Waals surface area contributed by atoms with Crippen molar-refractivity contribution >= 4 is 23.1 Å². The number of anilines is 2. The number of rotatable bonds is 5. The summed E-state index contributed by atoms with van der Waals surface area (Å²) in [4.78, 5) is 32.2. The molecule has 0 aliphatic carbocycles. The second-order valence-corrected chi connectivity index (χ2v) is 9.90. The van der Waals surface area contributed by atoms with Crippen molar-refractivity contribution in [3.63, 3.8) is 0 Å². The number of hydrogen-bond donors (Lipinski definition) is 2. The van der Waals surface area contributed by atoms with Gasteiger partial charge in [-0.25, -0.2) is 9.78 Å². The summed E-state index contributed by atoms with van der Waals surface area (Å²) in [6, 6.07) is 8.59. The molecular weight excluding hydrogens is 416 g/mol. The van der Waals surface area contributed by atoms with Crippen LogP contribution in [-0.4, -0.2) is 33.6 Å². The van der Waals surface area contributed by atoms with Gasteiger partial charge in [0.05, 0.1) is 17.2 Å². The van der Waals surface area contributed by atoms with Gasteiger partial charge in [0.1, 0.15) is 11.5 Å². The molecule has 0 amide bonds. The maximum Gasteiger partial charge on any atom is 0.337 e. The molecule has 0 unspecified atom stereocenters. The molecule has 2 aromatic heterocycles. The number of benzene rings is 1. The molecule has 2 N–H and O–H groups in total. The van der Waals surface area contributed by atoms with Crippen LogP contribution in [0.3, 0.4) is 0 Å². The third-order valence-corrected chi connectivity index (χ3v) is 6.70. The molecule has 174 valence electrons. The van der Waals surface area contributed by atoms with Crippen LogP contribution < -0.4 is 15.8 Å². The number of carboxylic acids is 1. The summed E-state index contributed by atoms with van der Waals surface area (Å²) >= 11 is 0. The molecule has 0 spiro atoms. The summed E-state index contributed by atoms with van der Waals surface area (Å²) in [7, 11) is 0. The summed E-state index contributed by atoms with van der Waals surface area (Å²) in [6.07, 6.45) is 3.93. The van der Waals surface area contributed by atoms with E-state index in [4.69, 9.17) is 4.98 Å². The topological polar surface area (TPSA) is 86.9 Å². The van der Waals surface area contributed by atoms with Crippen LogP contribution in [0.25, 0.3) is 5.65 Å². The zero-order valence-electron chi connectivity index (χ0n) is 20.0. The molecule has 7 nitrogen and oxygen atoms in total. The number of nitrogens with zero attached hydrogens (tertiary/aromatic N) is 3. The van der Waals surface area contributed by atoms with Gasteiger partial charge in [0.25, 0.3) is 5.56 Å². The van der Waals surface area contributed by atoms with Gasteiger partial charge in [-0.05, 0) is 62.8 Å². The zero-order chi connectivity index (χ0) is 23.9. The van der Waals surface area contributed by atoms with Gasteiger partial charge in [0.2, 0.25) is 0 Å². The number of hydrogen-bond acceptors (Lipinski definition) is 5. The first-order chi connectivity index (χ1) is 15.6. The first-order valence-corrected chi connectivity index (χ1v) is 11.4. The molecule has 0 saturated carbocycles. The lowest BCUT2D eigenvalue weighted by atomic mass is 9.82. The van der Waals surface area contributed by atoms with Crippen molar-refractivity contribution in [3.8, 4) is 0 Å². The van der Waals surface area contributed by atoms with Gasteiger partial charge in [-0.15, -0.1) is 0 Å². The third kappa shape index (κ3) is 4.45. The van der Waals surface area contributed by atoms with Crippen molar-refractivity contribution in [2.24, 2.45) is 5.41 Å². The van der Waals surface area contributed by atoms with E-state index in [-0.39, 0.29) is 17.2 Å². The van der Waals surface area contributed by atoms with Crippen molar-refractivity contribution in [1.82, 2.24) is 9.38 Å². The van der Waals surface area contributed by atoms with Crippen LogP contribution >= 0.6 is 0 Å². The van der Waals surface area contributed by atoms with Gasteiger partial charge in [0.15, 0.2) is 0 Å². The predicted molar refractivity (Wildman–Crippen MR) is 132 cm³/mol. The Balaban J connectivity index is 1.80. The van der Waals surface area contributed by atoms with Gasteiger partial charge in [-0.2, -0.15) is 0 Å². The molecule has 1 aliphatic rings. The van der Waals surface area contributed by atoms with Gasteiger partial charge < -0.3 is 15.3 Å². The highest BCUT2D eigenvalue weighted by molar-refractivity contribution is 5.94. The number of aromatic nitrogens is 2. The van der Waals surface area contributed by atoms with Crippen molar-refractivity contribution in [3.05, 3.63) is 69.1 Å². The molecule has 0 radical (unpaired) electrons. The Morgan fingerprint density at radius 2 is 1.85 bits per heavy atom. The normalized spacial score (nSPS) is 16.6. The highest BCUT2D eigenvalue weighted by Crippen LogP contribution is 2.33. The largest absolute Gasteiger partial charge is 0.478 e. The zero-order valence-corrected chi connectivity index (χ0v) is 20.0. The molecule has 33 heavy (non-hydrogen) atoms. The Bertz CT molecular complexity index is 1270. The Morgan fingerprint density at radius 3 is 2.52 bits per heavy atom. The fourth-order valence-corrected chi connectivity index (χ4v) is 4.54. The lowest BCUT2D eigenvalue weighted by Crippen LogP contribution is -2.39. The molecule has 7 heteroatoms. The molecule has 1 atom stereocenters.